The van der Waals surface area contributed by atoms with E-state index in [1.165, 1.54) is 16.7 Å². The predicted molar refractivity (Wildman–Crippen MR) is 120 cm³/mol. The number of nitrogens with zero attached hydrogens (tertiary/aromatic N) is 3. The third-order valence-electron chi connectivity index (χ3n) is 5.41. The van der Waals surface area contributed by atoms with Crippen molar-refractivity contribution in [2.45, 2.75) is 38.5 Å². The van der Waals surface area contributed by atoms with Crippen LogP contribution < -0.4 is 9.47 Å². The minimum atomic E-state index is -0.461. The highest BCUT2D eigenvalue weighted by Crippen LogP contribution is 2.28. The van der Waals surface area contributed by atoms with Crippen molar-refractivity contribution in [3.63, 3.8) is 0 Å². The summed E-state index contributed by atoms with van der Waals surface area (Å²) in [6, 6.07) is 5.60. The first-order valence-corrected chi connectivity index (χ1v) is 11.5. The van der Waals surface area contributed by atoms with Crippen molar-refractivity contribution in [3.8, 4) is 11.5 Å². The highest BCUT2D eigenvalue weighted by Gasteiger charge is 2.29. The summed E-state index contributed by atoms with van der Waals surface area (Å²) in [5, 5.41) is 0.310. The van der Waals surface area contributed by atoms with Crippen LogP contribution in [0.1, 0.15) is 37.7 Å². The molecule has 1 aromatic carbocycles. The summed E-state index contributed by atoms with van der Waals surface area (Å²) in [5.74, 6) is 0.705. The molecule has 2 heterocycles. The van der Waals surface area contributed by atoms with E-state index in [1.54, 1.807) is 14.2 Å². The summed E-state index contributed by atoms with van der Waals surface area (Å²) < 4.78 is 10.6. The largest absolute Gasteiger partial charge is 0.493 e. The minimum Gasteiger partial charge on any atom is -0.493 e. The highest BCUT2D eigenvalue weighted by atomic mass is 32.2. The number of aliphatic imine (C=N–C) groups is 1. The van der Waals surface area contributed by atoms with Crippen molar-refractivity contribution >= 4 is 34.7 Å². The van der Waals surface area contributed by atoms with Crippen LogP contribution in [0.3, 0.4) is 0 Å². The molecular formula is C22H29N3O5S. The van der Waals surface area contributed by atoms with E-state index < -0.39 is 5.91 Å². The standard InChI is InChI=1S/C22H29N3O5S/c1-29-17-8-7-16(13-18(17)30-2)9-12-25-20(27)14-19(26)23-22(25)31-15-21(28)24-10-5-3-4-6-11-24/h7-8,13H,3-6,9-12,14-15H2,1-2H3. The Labute approximate surface area is 187 Å². The molecule has 8 nitrogen and oxygen atoms in total. The quantitative estimate of drug-likeness (QED) is 0.597. The van der Waals surface area contributed by atoms with Crippen molar-refractivity contribution in [2.75, 3.05) is 39.6 Å². The molecule has 0 unspecified atom stereocenters. The van der Waals surface area contributed by atoms with Crippen molar-refractivity contribution in [3.05, 3.63) is 23.8 Å². The molecule has 1 fully saturated rings. The number of amidine groups is 1. The first-order valence-electron chi connectivity index (χ1n) is 10.5. The summed E-state index contributed by atoms with van der Waals surface area (Å²) in [6.07, 6.45) is 4.65. The van der Waals surface area contributed by atoms with Crippen LogP contribution >= 0.6 is 11.8 Å². The van der Waals surface area contributed by atoms with E-state index in [2.05, 4.69) is 4.99 Å². The van der Waals surface area contributed by atoms with Gasteiger partial charge in [-0.3, -0.25) is 19.3 Å². The lowest BCUT2D eigenvalue weighted by Gasteiger charge is -2.27. The molecule has 9 heteroatoms. The first kappa shape index (κ1) is 23.1. The Morgan fingerprint density at radius 1 is 1.06 bits per heavy atom. The van der Waals surface area contributed by atoms with Gasteiger partial charge in [-0.15, -0.1) is 0 Å². The molecule has 0 N–H and O–H groups in total. The summed E-state index contributed by atoms with van der Waals surface area (Å²) >= 11 is 1.17. The zero-order valence-corrected chi connectivity index (χ0v) is 18.9. The Morgan fingerprint density at radius 2 is 1.77 bits per heavy atom. The van der Waals surface area contributed by atoms with Gasteiger partial charge in [0.05, 0.1) is 20.0 Å². The topological polar surface area (TPSA) is 88.5 Å². The second-order valence-corrected chi connectivity index (χ2v) is 8.48. The Balaban J connectivity index is 1.63. The lowest BCUT2D eigenvalue weighted by Crippen LogP contribution is -2.42. The number of carbonyl (C=O) groups excluding carboxylic acids is 3. The third kappa shape index (κ3) is 6.22. The molecule has 0 spiro atoms. The van der Waals surface area contributed by atoms with E-state index in [0.717, 1.165) is 44.3 Å². The van der Waals surface area contributed by atoms with E-state index in [1.807, 2.05) is 23.1 Å². The van der Waals surface area contributed by atoms with Gasteiger partial charge in [-0.1, -0.05) is 30.7 Å². The van der Waals surface area contributed by atoms with Crippen LogP contribution in [0.25, 0.3) is 0 Å². The van der Waals surface area contributed by atoms with Crippen molar-refractivity contribution in [1.82, 2.24) is 9.80 Å². The number of benzene rings is 1. The van der Waals surface area contributed by atoms with Crippen LogP contribution in [0.4, 0.5) is 0 Å². The van der Waals surface area contributed by atoms with Crippen LogP contribution in [0.15, 0.2) is 23.2 Å². The van der Waals surface area contributed by atoms with Crippen LogP contribution in [-0.4, -0.2) is 72.3 Å². The minimum absolute atomic E-state index is 0.0277. The van der Waals surface area contributed by atoms with Gasteiger partial charge in [0.1, 0.15) is 6.42 Å². The van der Waals surface area contributed by atoms with Crippen LogP contribution in [0.2, 0.25) is 0 Å². The Morgan fingerprint density at radius 3 is 2.45 bits per heavy atom. The zero-order valence-electron chi connectivity index (χ0n) is 18.1. The van der Waals surface area contributed by atoms with Gasteiger partial charge in [0.2, 0.25) is 11.8 Å². The molecule has 0 atom stereocenters. The van der Waals surface area contributed by atoms with Gasteiger partial charge in [-0.25, -0.2) is 0 Å². The monoisotopic (exact) mass is 447 g/mol. The predicted octanol–water partition coefficient (Wildman–Crippen LogP) is 2.50. The van der Waals surface area contributed by atoms with E-state index in [0.29, 0.717) is 29.6 Å². The second-order valence-electron chi connectivity index (χ2n) is 7.53. The van der Waals surface area contributed by atoms with E-state index in [4.69, 9.17) is 9.47 Å². The van der Waals surface area contributed by atoms with Crippen LogP contribution in [-0.2, 0) is 20.8 Å². The van der Waals surface area contributed by atoms with Gasteiger partial charge in [0.25, 0.3) is 5.91 Å². The maximum absolute atomic E-state index is 12.6. The van der Waals surface area contributed by atoms with Crippen LogP contribution in [0, 0.1) is 0 Å². The lowest BCUT2D eigenvalue weighted by molar-refractivity contribution is -0.133. The Bertz CT molecular complexity index is 850. The fourth-order valence-electron chi connectivity index (χ4n) is 3.68. The maximum Gasteiger partial charge on any atom is 0.257 e. The Hall–Kier alpha value is -2.55. The molecule has 0 bridgehead atoms. The maximum atomic E-state index is 12.6. The van der Waals surface area contributed by atoms with Crippen molar-refractivity contribution < 1.29 is 23.9 Å². The number of amides is 3. The number of thioether (sulfide) groups is 1. The molecule has 0 aliphatic carbocycles. The third-order valence-corrected chi connectivity index (χ3v) is 6.37. The number of methoxy groups -OCH3 is 2. The zero-order chi connectivity index (χ0) is 22.2. The molecule has 31 heavy (non-hydrogen) atoms. The molecule has 1 aromatic rings. The van der Waals surface area contributed by atoms with Gasteiger partial charge in [0.15, 0.2) is 16.7 Å². The molecular weight excluding hydrogens is 418 g/mol. The van der Waals surface area contributed by atoms with Gasteiger partial charge < -0.3 is 14.4 Å². The molecule has 3 amide bonds. The fraction of sp³-hybridized carbons (Fsp3) is 0.545. The molecule has 0 saturated carbocycles. The SMILES string of the molecule is COc1ccc(CCN2C(=O)CC(=O)N=C2SCC(=O)N2CCCCCC2)cc1OC. The number of hydrogen-bond acceptors (Lipinski definition) is 6. The second kappa shape index (κ2) is 11.2. The average Bonchev–Trinajstić information content (AvgIpc) is 3.06. The molecule has 3 rings (SSSR count). The summed E-state index contributed by atoms with van der Waals surface area (Å²) in [5.41, 5.74) is 0.965. The number of likely N-dealkylation sites (tertiary alicyclic amines) is 1. The van der Waals surface area contributed by atoms with Crippen molar-refractivity contribution in [2.24, 2.45) is 4.99 Å². The van der Waals surface area contributed by atoms with Crippen molar-refractivity contribution in [1.29, 1.82) is 0 Å². The van der Waals surface area contributed by atoms with Gasteiger partial charge in [-0.05, 0) is 37.0 Å². The molecule has 168 valence electrons. The number of ether oxygens (including phenoxy) is 2. The van der Waals surface area contributed by atoms with Gasteiger partial charge in [0, 0.05) is 19.6 Å². The molecule has 2 aliphatic heterocycles. The number of carbonyl (C=O) groups is 3. The fourth-order valence-corrected chi connectivity index (χ4v) is 4.63. The highest BCUT2D eigenvalue weighted by molar-refractivity contribution is 8.14. The number of hydrogen-bond donors (Lipinski definition) is 0. The summed E-state index contributed by atoms with van der Waals surface area (Å²) in [4.78, 5) is 44.4. The van der Waals surface area contributed by atoms with Gasteiger partial charge >= 0.3 is 0 Å². The lowest BCUT2D eigenvalue weighted by atomic mass is 10.1. The summed E-state index contributed by atoms with van der Waals surface area (Å²) in [6.45, 7) is 1.91. The van der Waals surface area contributed by atoms with E-state index in [-0.39, 0.29) is 24.0 Å². The first-order chi connectivity index (χ1) is 15.0. The number of rotatable bonds is 7. The van der Waals surface area contributed by atoms with Crippen LogP contribution in [0.5, 0.6) is 11.5 Å². The normalized spacial score (nSPS) is 17.3. The molecule has 0 radical (unpaired) electrons. The molecule has 0 aromatic heterocycles. The van der Waals surface area contributed by atoms with Gasteiger partial charge in [-0.2, -0.15) is 4.99 Å². The summed E-state index contributed by atoms with van der Waals surface area (Å²) in [7, 11) is 3.15. The molecule has 1 saturated heterocycles. The molecule has 2 aliphatic rings. The van der Waals surface area contributed by atoms with E-state index in [9.17, 15) is 14.4 Å². The van der Waals surface area contributed by atoms with E-state index >= 15 is 0 Å². The Kier molecular flexibility index (Phi) is 8.34. The average molecular weight is 448 g/mol. The smallest absolute Gasteiger partial charge is 0.257 e.